The topological polar surface area (TPSA) is 165 Å². The minimum absolute atomic E-state index is 0.0379. The number of rotatable bonds is 10. The average molecular weight is 603 g/mol. The van der Waals surface area contributed by atoms with Crippen LogP contribution in [0.1, 0.15) is 42.5 Å². The summed E-state index contributed by atoms with van der Waals surface area (Å²) in [7, 11) is 1.88. The molecule has 0 aliphatic heterocycles. The van der Waals surface area contributed by atoms with Gasteiger partial charge in [-0.1, -0.05) is 30.3 Å². The van der Waals surface area contributed by atoms with Crippen molar-refractivity contribution in [1.29, 1.82) is 5.26 Å². The molecule has 0 unspecified atom stereocenters. The highest BCUT2D eigenvalue weighted by Gasteiger charge is 2.31. The number of nitrogens with zero attached hydrogens (tertiary/aromatic N) is 8. The molecular formula is C32H34N12O. The Morgan fingerprint density at radius 2 is 1.87 bits per heavy atom. The van der Waals surface area contributed by atoms with E-state index in [-0.39, 0.29) is 18.1 Å². The predicted molar refractivity (Wildman–Crippen MR) is 170 cm³/mol. The summed E-state index contributed by atoms with van der Waals surface area (Å²) in [5, 5.41) is 30.3. The van der Waals surface area contributed by atoms with E-state index in [0.29, 0.717) is 36.2 Å². The lowest BCUT2D eigenvalue weighted by atomic mass is 9.90. The van der Waals surface area contributed by atoms with E-state index in [1.165, 1.54) is 6.20 Å². The first-order chi connectivity index (χ1) is 22.1. The van der Waals surface area contributed by atoms with E-state index >= 15 is 0 Å². The van der Waals surface area contributed by atoms with Gasteiger partial charge < -0.3 is 16.0 Å². The standard InChI is InChI=1S/C32H34N12O/c1-43-21-25(19-39-43)23-7-12-29(34-17-23)44(32(45)37-16-22-5-3-2-4-6-22)28-10-8-26(9-11-28)40-31-36-18-24(15-33)30(41-31)35-20-27-13-14-38-42-27/h2-7,12-14,17-19,21,26,28H,8-11,16,20H2,1H3,(H,37,45)(H,38,42)(H2,35,36,40,41). The lowest BCUT2D eigenvalue weighted by molar-refractivity contribution is 0.240. The second-order valence-corrected chi connectivity index (χ2v) is 11.0. The Kier molecular flexibility index (Phi) is 8.91. The third-order valence-corrected chi connectivity index (χ3v) is 7.85. The highest BCUT2D eigenvalue weighted by atomic mass is 16.2. The van der Waals surface area contributed by atoms with Gasteiger partial charge in [-0.25, -0.2) is 14.8 Å². The molecule has 45 heavy (non-hydrogen) atoms. The van der Waals surface area contributed by atoms with Crippen molar-refractivity contribution in [3.05, 3.63) is 96.3 Å². The summed E-state index contributed by atoms with van der Waals surface area (Å²) in [6, 6.07) is 17.6. The zero-order valence-electron chi connectivity index (χ0n) is 24.9. The SMILES string of the molecule is Cn1cc(-c2ccc(N(C(=O)NCc3ccccc3)C3CCC(Nc4ncc(C#N)c(NCc5ccn[nH]5)n4)CC3)nc2)cn1. The molecule has 0 radical (unpaired) electrons. The zero-order chi connectivity index (χ0) is 31.0. The molecular weight excluding hydrogens is 568 g/mol. The number of aromatic amines is 1. The molecule has 5 aromatic rings. The van der Waals surface area contributed by atoms with Crippen molar-refractivity contribution in [3.8, 4) is 17.2 Å². The Morgan fingerprint density at radius 1 is 1.02 bits per heavy atom. The Balaban J connectivity index is 1.13. The van der Waals surface area contributed by atoms with Gasteiger partial charge in [0.1, 0.15) is 23.3 Å². The van der Waals surface area contributed by atoms with E-state index in [9.17, 15) is 10.1 Å². The maximum atomic E-state index is 13.7. The number of anilines is 3. The van der Waals surface area contributed by atoms with Crippen LogP contribution in [0.2, 0.25) is 0 Å². The molecule has 13 heteroatoms. The van der Waals surface area contributed by atoms with Crippen LogP contribution < -0.4 is 20.9 Å². The van der Waals surface area contributed by atoms with E-state index in [1.54, 1.807) is 28.2 Å². The van der Waals surface area contributed by atoms with E-state index in [1.807, 2.05) is 61.8 Å². The summed E-state index contributed by atoms with van der Waals surface area (Å²) in [4.78, 5) is 29.1. The molecule has 4 heterocycles. The highest BCUT2D eigenvalue weighted by Crippen LogP contribution is 2.30. The number of pyridine rings is 1. The molecule has 228 valence electrons. The number of hydrogen-bond donors (Lipinski definition) is 4. The van der Waals surface area contributed by atoms with Gasteiger partial charge in [-0.2, -0.15) is 20.4 Å². The second-order valence-electron chi connectivity index (χ2n) is 11.0. The van der Waals surface area contributed by atoms with Crippen LogP contribution in [0.25, 0.3) is 11.1 Å². The summed E-state index contributed by atoms with van der Waals surface area (Å²) in [6.07, 6.45) is 11.9. The fraction of sp³-hybridized carbons (Fsp3) is 0.281. The van der Waals surface area contributed by atoms with Crippen LogP contribution in [0, 0.1) is 11.3 Å². The molecule has 4 aromatic heterocycles. The van der Waals surface area contributed by atoms with Crippen molar-refractivity contribution in [2.45, 2.75) is 50.9 Å². The van der Waals surface area contributed by atoms with Crippen molar-refractivity contribution in [2.75, 3.05) is 15.5 Å². The van der Waals surface area contributed by atoms with Gasteiger partial charge in [-0.05, 0) is 49.4 Å². The Bertz CT molecular complexity index is 1740. The molecule has 0 spiro atoms. The summed E-state index contributed by atoms with van der Waals surface area (Å²) in [5.74, 6) is 1.52. The van der Waals surface area contributed by atoms with E-state index in [0.717, 1.165) is 48.1 Å². The van der Waals surface area contributed by atoms with Gasteiger partial charge in [0.2, 0.25) is 5.95 Å². The number of carbonyl (C=O) groups is 1. The van der Waals surface area contributed by atoms with Crippen molar-refractivity contribution in [2.24, 2.45) is 7.05 Å². The maximum absolute atomic E-state index is 13.7. The normalized spacial score (nSPS) is 16.0. The Hall–Kier alpha value is -5.77. The first kappa shape index (κ1) is 29.3. The summed E-state index contributed by atoms with van der Waals surface area (Å²) in [6.45, 7) is 0.878. The number of aromatic nitrogens is 7. The van der Waals surface area contributed by atoms with Crippen molar-refractivity contribution in [3.63, 3.8) is 0 Å². The van der Waals surface area contributed by atoms with Crippen molar-refractivity contribution < 1.29 is 4.79 Å². The van der Waals surface area contributed by atoms with Crippen LogP contribution in [0.4, 0.5) is 22.4 Å². The third-order valence-electron chi connectivity index (χ3n) is 7.85. The van der Waals surface area contributed by atoms with E-state index in [2.05, 4.69) is 47.3 Å². The number of urea groups is 1. The lowest BCUT2D eigenvalue weighted by Gasteiger charge is -2.36. The first-order valence-electron chi connectivity index (χ1n) is 14.9. The third kappa shape index (κ3) is 7.24. The second kappa shape index (κ2) is 13.7. The average Bonchev–Trinajstić information content (AvgIpc) is 3.77. The molecule has 2 amide bonds. The monoisotopic (exact) mass is 602 g/mol. The Morgan fingerprint density at radius 3 is 2.56 bits per heavy atom. The minimum Gasteiger partial charge on any atom is -0.363 e. The van der Waals surface area contributed by atoms with Crippen LogP contribution in [-0.2, 0) is 20.1 Å². The molecule has 6 rings (SSSR count). The molecule has 1 fully saturated rings. The molecule has 0 bridgehead atoms. The molecule has 0 atom stereocenters. The van der Waals surface area contributed by atoms with Gasteiger partial charge >= 0.3 is 6.03 Å². The lowest BCUT2D eigenvalue weighted by Crippen LogP contribution is -2.49. The number of H-pyrrole nitrogens is 1. The molecule has 13 nitrogen and oxygen atoms in total. The van der Waals surface area contributed by atoms with Gasteiger partial charge in [0.15, 0.2) is 0 Å². The number of hydrogen-bond acceptors (Lipinski definition) is 9. The van der Waals surface area contributed by atoms with Gasteiger partial charge in [-0.15, -0.1) is 0 Å². The van der Waals surface area contributed by atoms with Gasteiger partial charge in [0, 0.05) is 55.4 Å². The highest BCUT2D eigenvalue weighted by molar-refractivity contribution is 5.91. The quantitative estimate of drug-likeness (QED) is 0.178. The van der Waals surface area contributed by atoms with Crippen LogP contribution in [-0.4, -0.2) is 53.0 Å². The van der Waals surface area contributed by atoms with Crippen molar-refractivity contribution in [1.82, 2.24) is 40.2 Å². The van der Waals surface area contributed by atoms with Gasteiger partial charge in [-0.3, -0.25) is 14.7 Å². The van der Waals surface area contributed by atoms with Crippen LogP contribution >= 0.6 is 0 Å². The van der Waals surface area contributed by atoms with E-state index < -0.39 is 0 Å². The number of carbonyl (C=O) groups excluding carboxylic acids is 1. The number of amides is 2. The number of nitriles is 1. The molecule has 0 saturated heterocycles. The van der Waals surface area contributed by atoms with Crippen molar-refractivity contribution >= 4 is 23.6 Å². The molecule has 4 N–H and O–H groups in total. The van der Waals surface area contributed by atoms with Crippen LogP contribution in [0.15, 0.2) is 79.5 Å². The smallest absolute Gasteiger partial charge is 0.323 e. The molecule has 1 aromatic carbocycles. The Labute approximate surface area is 260 Å². The summed E-state index contributed by atoms with van der Waals surface area (Å²) < 4.78 is 1.75. The van der Waals surface area contributed by atoms with Gasteiger partial charge in [0.25, 0.3) is 0 Å². The van der Waals surface area contributed by atoms with Crippen LogP contribution in [0.5, 0.6) is 0 Å². The summed E-state index contributed by atoms with van der Waals surface area (Å²) >= 11 is 0. The first-order valence-corrected chi connectivity index (χ1v) is 14.9. The number of benzene rings is 1. The zero-order valence-corrected chi connectivity index (χ0v) is 24.9. The summed E-state index contributed by atoms with van der Waals surface area (Å²) in [5.41, 5.74) is 4.17. The number of nitrogens with one attached hydrogen (secondary N) is 4. The predicted octanol–water partition coefficient (Wildman–Crippen LogP) is 4.62. The number of aryl methyl sites for hydroxylation is 1. The fourth-order valence-electron chi connectivity index (χ4n) is 5.48. The largest absolute Gasteiger partial charge is 0.363 e. The van der Waals surface area contributed by atoms with Gasteiger partial charge in [0.05, 0.1) is 24.6 Å². The molecule has 1 aliphatic carbocycles. The van der Waals surface area contributed by atoms with E-state index in [4.69, 9.17) is 4.98 Å². The molecule has 1 aliphatic rings. The molecule has 1 saturated carbocycles. The van der Waals surface area contributed by atoms with Crippen LogP contribution in [0.3, 0.4) is 0 Å². The fourth-order valence-corrected chi connectivity index (χ4v) is 5.48. The minimum atomic E-state index is -0.180. The maximum Gasteiger partial charge on any atom is 0.323 e.